The monoisotopic (exact) mass is 472 g/mol. The van der Waals surface area contributed by atoms with Crippen molar-refractivity contribution in [2.75, 3.05) is 17.7 Å². The third kappa shape index (κ3) is 5.26. The van der Waals surface area contributed by atoms with E-state index in [0.717, 1.165) is 11.6 Å². The van der Waals surface area contributed by atoms with Crippen molar-refractivity contribution in [2.24, 2.45) is 0 Å². The lowest BCUT2D eigenvalue weighted by molar-refractivity contribution is -0.110. The second kappa shape index (κ2) is 10.2. The third-order valence-electron chi connectivity index (χ3n) is 5.12. The summed E-state index contributed by atoms with van der Waals surface area (Å²) < 4.78 is 4.66. The minimum absolute atomic E-state index is 0.0819. The third-order valence-corrected chi connectivity index (χ3v) is 5.12. The van der Waals surface area contributed by atoms with Gasteiger partial charge in [0.1, 0.15) is 11.5 Å². The van der Waals surface area contributed by atoms with Crippen LogP contribution in [0.25, 0.3) is 11.1 Å². The van der Waals surface area contributed by atoms with Crippen LogP contribution in [-0.4, -0.2) is 41.0 Å². The largest absolute Gasteiger partial charge is 0.507 e. The molecule has 0 fully saturated rings. The van der Waals surface area contributed by atoms with Gasteiger partial charge >= 0.3 is 12.1 Å². The number of rotatable bonds is 6. The summed E-state index contributed by atoms with van der Waals surface area (Å²) in [6.07, 6.45) is -0.795. The average Bonchev–Trinajstić information content (AvgIpc) is 2.84. The zero-order chi connectivity index (χ0) is 25.7. The summed E-state index contributed by atoms with van der Waals surface area (Å²) in [5, 5.41) is 42.2. The minimum atomic E-state index is -1.38. The number of carbonyl (C=O) groups is 3. The molecule has 176 valence electrons. The molecule has 0 aliphatic heterocycles. The van der Waals surface area contributed by atoms with Gasteiger partial charge in [-0.15, -0.1) is 0 Å². The first-order valence-electron chi connectivity index (χ1n) is 10.1. The maximum absolute atomic E-state index is 12.8. The van der Waals surface area contributed by atoms with Crippen LogP contribution in [-0.2, 0) is 9.53 Å². The highest BCUT2D eigenvalue weighted by atomic mass is 16.5. The van der Waals surface area contributed by atoms with Crippen molar-refractivity contribution in [3.8, 4) is 22.9 Å². The number of amides is 2. The number of carboxylic acid groups (broad SMARTS) is 1. The smallest absolute Gasteiger partial charge is 0.411 e. The van der Waals surface area contributed by atoms with Crippen LogP contribution in [0, 0.1) is 23.7 Å². The van der Waals surface area contributed by atoms with Crippen molar-refractivity contribution < 1.29 is 29.3 Å². The van der Waals surface area contributed by atoms with Crippen LogP contribution in [0.1, 0.15) is 27.0 Å². The molecule has 0 saturated carbocycles. The summed E-state index contributed by atoms with van der Waals surface area (Å²) in [6, 6.07) is 15.3. The molecule has 2 amide bonds. The predicted octanol–water partition coefficient (Wildman–Crippen LogP) is 4.12. The van der Waals surface area contributed by atoms with Gasteiger partial charge in [0.25, 0.3) is 5.91 Å². The van der Waals surface area contributed by atoms with Crippen LogP contribution in [0.5, 0.6) is 5.75 Å². The van der Waals surface area contributed by atoms with Gasteiger partial charge in [0.2, 0.25) is 0 Å². The number of benzene rings is 3. The van der Waals surface area contributed by atoms with Gasteiger partial charge in [-0.05, 0) is 48.4 Å². The number of ether oxygens (including phenoxy) is 1. The lowest BCUT2D eigenvalue weighted by Crippen LogP contribution is -2.24. The SMILES string of the molecule is COC(=O)Nc1cc(C(=N)C(=O)Nc2ccc(C#N)cc2C(=O)O)c(O)cc1-c1ccccc1C. The number of aryl methyl sites for hydroxylation is 1. The summed E-state index contributed by atoms with van der Waals surface area (Å²) in [6.45, 7) is 1.84. The molecule has 3 rings (SSSR count). The van der Waals surface area contributed by atoms with Crippen LogP contribution in [0.2, 0.25) is 0 Å². The Morgan fingerprint density at radius 2 is 1.69 bits per heavy atom. The van der Waals surface area contributed by atoms with E-state index in [0.29, 0.717) is 11.1 Å². The Bertz CT molecular complexity index is 1410. The van der Waals surface area contributed by atoms with Crippen molar-refractivity contribution in [1.82, 2.24) is 0 Å². The molecule has 0 aromatic heterocycles. The van der Waals surface area contributed by atoms with Crippen molar-refractivity contribution in [3.05, 3.63) is 76.9 Å². The Balaban J connectivity index is 2.02. The maximum atomic E-state index is 12.8. The van der Waals surface area contributed by atoms with Crippen LogP contribution in [0.15, 0.2) is 54.6 Å². The second-order valence-electron chi connectivity index (χ2n) is 7.35. The highest BCUT2D eigenvalue weighted by molar-refractivity contribution is 6.48. The van der Waals surface area contributed by atoms with E-state index in [9.17, 15) is 24.6 Å². The number of aromatic hydroxyl groups is 1. The van der Waals surface area contributed by atoms with Crippen LogP contribution < -0.4 is 10.6 Å². The molecule has 0 aliphatic carbocycles. The summed E-state index contributed by atoms with van der Waals surface area (Å²) in [4.78, 5) is 36.2. The number of hydrogen-bond acceptors (Lipinski definition) is 7. The lowest BCUT2D eigenvalue weighted by Gasteiger charge is -2.16. The van der Waals surface area contributed by atoms with E-state index in [1.165, 1.54) is 31.4 Å². The summed E-state index contributed by atoms with van der Waals surface area (Å²) in [7, 11) is 1.18. The van der Waals surface area contributed by atoms with E-state index >= 15 is 0 Å². The number of carbonyl (C=O) groups excluding carboxylic acids is 2. The zero-order valence-corrected chi connectivity index (χ0v) is 18.7. The van der Waals surface area contributed by atoms with Crippen molar-refractivity contribution >= 4 is 35.1 Å². The first kappa shape index (κ1) is 24.5. The molecule has 3 aromatic rings. The molecule has 3 aromatic carbocycles. The molecule has 0 spiro atoms. The zero-order valence-electron chi connectivity index (χ0n) is 18.7. The number of phenols is 1. The summed E-state index contributed by atoms with van der Waals surface area (Å²) in [5.74, 6) is -2.80. The lowest BCUT2D eigenvalue weighted by atomic mass is 9.95. The highest BCUT2D eigenvalue weighted by Gasteiger charge is 2.22. The molecule has 0 atom stereocenters. The molecular weight excluding hydrogens is 452 g/mol. The van der Waals surface area contributed by atoms with E-state index < -0.39 is 29.4 Å². The minimum Gasteiger partial charge on any atom is -0.507 e. The number of carboxylic acids is 1. The van der Waals surface area contributed by atoms with Gasteiger partial charge in [0, 0.05) is 11.1 Å². The number of nitrogens with one attached hydrogen (secondary N) is 3. The predicted molar refractivity (Wildman–Crippen MR) is 128 cm³/mol. The van der Waals surface area contributed by atoms with E-state index in [2.05, 4.69) is 15.4 Å². The molecule has 35 heavy (non-hydrogen) atoms. The van der Waals surface area contributed by atoms with Gasteiger partial charge in [-0.2, -0.15) is 5.26 Å². The molecule has 0 bridgehead atoms. The van der Waals surface area contributed by atoms with E-state index in [1.54, 1.807) is 12.1 Å². The standard InChI is InChI=1S/C25H20N4O6/c1-13-5-3-4-6-15(13)16-11-21(30)18(10-20(16)29-25(34)35-2)22(27)23(31)28-19-8-7-14(12-26)9-17(19)24(32)33/h3-11,27,30H,1-2H3,(H,28,31)(H,29,34)(H,32,33). The van der Waals surface area contributed by atoms with Crippen molar-refractivity contribution in [3.63, 3.8) is 0 Å². The number of aromatic carboxylic acids is 1. The van der Waals surface area contributed by atoms with Gasteiger partial charge in [-0.1, -0.05) is 24.3 Å². The van der Waals surface area contributed by atoms with Crippen molar-refractivity contribution in [1.29, 1.82) is 10.7 Å². The first-order chi connectivity index (χ1) is 16.7. The fourth-order valence-corrected chi connectivity index (χ4v) is 3.36. The van der Waals surface area contributed by atoms with Gasteiger partial charge < -0.3 is 20.3 Å². The Morgan fingerprint density at radius 1 is 0.971 bits per heavy atom. The number of hydrogen-bond donors (Lipinski definition) is 5. The van der Waals surface area contributed by atoms with E-state index in [-0.39, 0.29) is 28.1 Å². The number of nitrogens with zero attached hydrogens (tertiary/aromatic N) is 1. The number of nitriles is 1. The quantitative estimate of drug-likeness (QED) is 0.265. The van der Waals surface area contributed by atoms with Crippen LogP contribution in [0.3, 0.4) is 0 Å². The Hall–Kier alpha value is -5.17. The van der Waals surface area contributed by atoms with Crippen LogP contribution in [0.4, 0.5) is 16.2 Å². The van der Waals surface area contributed by atoms with Crippen molar-refractivity contribution in [2.45, 2.75) is 6.92 Å². The van der Waals surface area contributed by atoms with Gasteiger partial charge in [-0.3, -0.25) is 15.5 Å². The molecule has 0 radical (unpaired) electrons. The van der Waals surface area contributed by atoms with Crippen LogP contribution >= 0.6 is 0 Å². The highest BCUT2D eigenvalue weighted by Crippen LogP contribution is 2.36. The summed E-state index contributed by atoms with van der Waals surface area (Å²) in [5.41, 5.74) is 0.877. The van der Waals surface area contributed by atoms with Gasteiger partial charge in [0.05, 0.1) is 35.7 Å². The molecule has 5 N–H and O–H groups in total. The topological polar surface area (TPSA) is 173 Å². The Labute approximate surface area is 199 Å². The van der Waals surface area contributed by atoms with E-state index in [4.69, 9.17) is 10.7 Å². The Morgan fingerprint density at radius 3 is 2.31 bits per heavy atom. The molecular formula is C25H20N4O6. The summed E-state index contributed by atoms with van der Waals surface area (Å²) >= 11 is 0. The molecule has 0 unspecified atom stereocenters. The Kier molecular flexibility index (Phi) is 7.12. The fraction of sp³-hybridized carbons (Fsp3) is 0.0800. The molecule has 10 nitrogen and oxygen atoms in total. The number of anilines is 2. The van der Waals surface area contributed by atoms with E-state index in [1.807, 2.05) is 25.1 Å². The fourth-order valence-electron chi connectivity index (χ4n) is 3.36. The maximum Gasteiger partial charge on any atom is 0.411 e. The van der Waals surface area contributed by atoms with Gasteiger partial charge in [-0.25, -0.2) is 9.59 Å². The molecule has 0 aliphatic rings. The first-order valence-corrected chi connectivity index (χ1v) is 10.1. The molecule has 0 heterocycles. The molecule has 10 heteroatoms. The molecule has 0 saturated heterocycles. The number of phenolic OH excluding ortho intramolecular Hbond substituents is 1. The second-order valence-corrected chi connectivity index (χ2v) is 7.35. The number of methoxy groups -OCH3 is 1. The van der Waals surface area contributed by atoms with Gasteiger partial charge in [0.15, 0.2) is 0 Å². The average molecular weight is 472 g/mol. The normalized spacial score (nSPS) is 10.1.